The Kier molecular flexibility index (Phi) is 4.98. The summed E-state index contributed by atoms with van der Waals surface area (Å²) in [5.74, 6) is 2.42. The highest BCUT2D eigenvalue weighted by Gasteiger charge is 2.31. The molecule has 3 atom stereocenters. The molecular weight excluding hydrogens is 232 g/mol. The first kappa shape index (κ1) is 14.5. The number of aromatic nitrogens is 1. The van der Waals surface area contributed by atoms with Gasteiger partial charge in [-0.15, -0.1) is 0 Å². The van der Waals surface area contributed by atoms with Gasteiger partial charge in [-0.3, -0.25) is 4.98 Å². The quantitative estimate of drug-likeness (QED) is 0.881. The minimum atomic E-state index is 0.427. The van der Waals surface area contributed by atoms with Gasteiger partial charge in [-0.1, -0.05) is 26.8 Å². The summed E-state index contributed by atoms with van der Waals surface area (Å²) in [6, 6.07) is 4.65. The van der Waals surface area contributed by atoms with Crippen molar-refractivity contribution in [1.29, 1.82) is 0 Å². The van der Waals surface area contributed by atoms with Gasteiger partial charge >= 0.3 is 0 Å². The zero-order chi connectivity index (χ0) is 13.8. The van der Waals surface area contributed by atoms with E-state index in [0.29, 0.717) is 6.04 Å². The average Bonchev–Trinajstić information content (AvgIpc) is 2.36. The third-order valence-electron chi connectivity index (χ3n) is 4.45. The Hall–Kier alpha value is -0.890. The smallest absolute Gasteiger partial charge is 0.0605 e. The highest BCUT2D eigenvalue weighted by atomic mass is 14.9. The lowest BCUT2D eigenvalue weighted by atomic mass is 9.72. The molecule has 0 aromatic carbocycles. The normalized spacial score (nSPS) is 29.2. The first-order valence-corrected chi connectivity index (χ1v) is 7.76. The van der Waals surface area contributed by atoms with Gasteiger partial charge in [0.15, 0.2) is 0 Å². The van der Waals surface area contributed by atoms with Crippen molar-refractivity contribution in [2.45, 2.75) is 53.0 Å². The molecule has 1 fully saturated rings. The van der Waals surface area contributed by atoms with Crippen LogP contribution in [-0.2, 0) is 0 Å². The maximum Gasteiger partial charge on any atom is 0.0605 e. The van der Waals surface area contributed by atoms with Gasteiger partial charge in [-0.25, -0.2) is 0 Å². The number of rotatable bonds is 4. The van der Waals surface area contributed by atoms with E-state index in [1.807, 2.05) is 12.3 Å². The fourth-order valence-electron chi connectivity index (χ4n) is 3.81. The third kappa shape index (κ3) is 3.56. The predicted octanol–water partition coefficient (Wildman–Crippen LogP) is 4.11. The van der Waals surface area contributed by atoms with Crippen molar-refractivity contribution in [3.05, 3.63) is 29.6 Å². The molecule has 0 spiro atoms. The Morgan fingerprint density at radius 3 is 2.53 bits per heavy atom. The minimum Gasteiger partial charge on any atom is -0.309 e. The number of aryl methyl sites for hydroxylation is 1. The fourth-order valence-corrected chi connectivity index (χ4v) is 3.81. The summed E-state index contributed by atoms with van der Waals surface area (Å²) in [5.41, 5.74) is 2.58. The van der Waals surface area contributed by atoms with Crippen LogP contribution >= 0.6 is 0 Å². The summed E-state index contributed by atoms with van der Waals surface area (Å²) >= 11 is 0. The lowest BCUT2D eigenvalue weighted by Crippen LogP contribution is -2.34. The fraction of sp³-hybridized carbons (Fsp3) is 0.706. The lowest BCUT2D eigenvalue weighted by Gasteiger charge is -2.37. The second kappa shape index (κ2) is 6.51. The summed E-state index contributed by atoms with van der Waals surface area (Å²) in [4.78, 5) is 4.66. The van der Waals surface area contributed by atoms with Gasteiger partial charge in [0.25, 0.3) is 0 Å². The number of nitrogens with zero attached hydrogens (tertiary/aromatic N) is 1. The van der Waals surface area contributed by atoms with Crippen LogP contribution < -0.4 is 5.32 Å². The summed E-state index contributed by atoms with van der Waals surface area (Å²) < 4.78 is 0. The first-order chi connectivity index (χ1) is 9.11. The molecule has 1 saturated carbocycles. The Bertz CT molecular complexity index is 392. The monoisotopic (exact) mass is 260 g/mol. The summed E-state index contributed by atoms with van der Waals surface area (Å²) in [7, 11) is 0. The topological polar surface area (TPSA) is 24.9 Å². The average molecular weight is 260 g/mol. The van der Waals surface area contributed by atoms with E-state index in [1.165, 1.54) is 30.5 Å². The van der Waals surface area contributed by atoms with Crippen LogP contribution in [0.2, 0.25) is 0 Å². The van der Waals surface area contributed by atoms with E-state index < -0.39 is 0 Å². The second-order valence-corrected chi connectivity index (χ2v) is 6.42. The SMILES string of the molecule is CCNC(c1ncccc1C)C1CC(C)CC(C)C1. The molecular formula is C17H28N2. The lowest BCUT2D eigenvalue weighted by molar-refractivity contribution is 0.175. The molecule has 1 N–H and O–H groups in total. The minimum absolute atomic E-state index is 0.427. The van der Waals surface area contributed by atoms with Crippen LogP contribution in [0.4, 0.5) is 0 Å². The Balaban J connectivity index is 2.22. The maximum atomic E-state index is 4.66. The van der Waals surface area contributed by atoms with Gasteiger partial charge < -0.3 is 5.32 Å². The van der Waals surface area contributed by atoms with E-state index in [9.17, 15) is 0 Å². The number of nitrogens with one attached hydrogen (secondary N) is 1. The Labute approximate surface area is 118 Å². The molecule has 2 nitrogen and oxygen atoms in total. The Morgan fingerprint density at radius 2 is 1.95 bits per heavy atom. The third-order valence-corrected chi connectivity index (χ3v) is 4.45. The second-order valence-electron chi connectivity index (χ2n) is 6.42. The van der Waals surface area contributed by atoms with E-state index >= 15 is 0 Å². The van der Waals surface area contributed by atoms with Gasteiger partial charge in [-0.05, 0) is 62.1 Å². The van der Waals surface area contributed by atoms with Crippen molar-refractivity contribution in [2.75, 3.05) is 6.54 Å². The van der Waals surface area contributed by atoms with Crippen molar-refractivity contribution < 1.29 is 0 Å². The van der Waals surface area contributed by atoms with E-state index in [4.69, 9.17) is 0 Å². The van der Waals surface area contributed by atoms with E-state index in [-0.39, 0.29) is 0 Å². The largest absolute Gasteiger partial charge is 0.309 e. The summed E-state index contributed by atoms with van der Waals surface area (Å²) in [6.07, 6.45) is 5.98. The van der Waals surface area contributed by atoms with Crippen LogP contribution in [0, 0.1) is 24.7 Å². The van der Waals surface area contributed by atoms with Crippen LogP contribution in [0.5, 0.6) is 0 Å². The maximum absolute atomic E-state index is 4.66. The zero-order valence-corrected chi connectivity index (χ0v) is 12.8. The molecule has 1 heterocycles. The molecule has 1 aliphatic rings. The Morgan fingerprint density at radius 1 is 1.26 bits per heavy atom. The number of hydrogen-bond acceptors (Lipinski definition) is 2. The highest BCUT2D eigenvalue weighted by Crippen LogP contribution is 2.39. The van der Waals surface area contributed by atoms with Gasteiger partial charge in [0.1, 0.15) is 0 Å². The summed E-state index contributed by atoms with van der Waals surface area (Å²) in [5, 5.41) is 3.69. The number of hydrogen-bond donors (Lipinski definition) is 1. The van der Waals surface area contributed by atoms with Crippen molar-refractivity contribution in [3.8, 4) is 0 Å². The van der Waals surface area contributed by atoms with Crippen molar-refractivity contribution in [2.24, 2.45) is 17.8 Å². The molecule has 3 unspecified atom stereocenters. The van der Waals surface area contributed by atoms with Crippen LogP contribution in [0.25, 0.3) is 0 Å². The number of pyridine rings is 1. The van der Waals surface area contributed by atoms with E-state index in [0.717, 1.165) is 24.3 Å². The standard InChI is InChI=1S/C17H28N2/c1-5-18-17(16-14(4)7-6-8-19-16)15-10-12(2)9-13(3)11-15/h6-8,12-13,15,17-18H,5,9-11H2,1-4H3. The molecule has 19 heavy (non-hydrogen) atoms. The van der Waals surface area contributed by atoms with Gasteiger partial charge in [0, 0.05) is 6.20 Å². The predicted molar refractivity (Wildman–Crippen MR) is 81.1 cm³/mol. The molecule has 0 amide bonds. The van der Waals surface area contributed by atoms with E-state index in [2.05, 4.69) is 44.1 Å². The van der Waals surface area contributed by atoms with Crippen LogP contribution in [-0.4, -0.2) is 11.5 Å². The van der Waals surface area contributed by atoms with Gasteiger partial charge in [0.05, 0.1) is 11.7 Å². The zero-order valence-electron chi connectivity index (χ0n) is 12.8. The van der Waals surface area contributed by atoms with Crippen molar-refractivity contribution >= 4 is 0 Å². The molecule has 0 radical (unpaired) electrons. The molecule has 1 aromatic rings. The van der Waals surface area contributed by atoms with Gasteiger partial charge in [0.2, 0.25) is 0 Å². The molecule has 106 valence electrons. The molecule has 0 bridgehead atoms. The molecule has 0 saturated heterocycles. The molecule has 0 aliphatic heterocycles. The molecule has 1 aliphatic carbocycles. The molecule has 1 aromatic heterocycles. The molecule has 2 rings (SSSR count). The van der Waals surface area contributed by atoms with Crippen molar-refractivity contribution in [1.82, 2.24) is 10.3 Å². The highest BCUT2D eigenvalue weighted by molar-refractivity contribution is 5.22. The summed E-state index contributed by atoms with van der Waals surface area (Å²) in [6.45, 7) is 10.2. The first-order valence-electron chi connectivity index (χ1n) is 7.76. The van der Waals surface area contributed by atoms with Crippen LogP contribution in [0.1, 0.15) is 57.3 Å². The van der Waals surface area contributed by atoms with Gasteiger partial charge in [-0.2, -0.15) is 0 Å². The van der Waals surface area contributed by atoms with Crippen LogP contribution in [0.3, 0.4) is 0 Å². The van der Waals surface area contributed by atoms with Crippen LogP contribution in [0.15, 0.2) is 18.3 Å². The molecule has 2 heteroatoms. The van der Waals surface area contributed by atoms with Crippen molar-refractivity contribution in [3.63, 3.8) is 0 Å². The van der Waals surface area contributed by atoms with E-state index in [1.54, 1.807) is 0 Å².